The van der Waals surface area contributed by atoms with Gasteiger partial charge in [0.25, 0.3) is 6.43 Å². The fourth-order valence-corrected chi connectivity index (χ4v) is 5.44. The lowest BCUT2D eigenvalue weighted by Gasteiger charge is -2.33. The lowest BCUT2D eigenvalue weighted by molar-refractivity contribution is -0.192. The summed E-state index contributed by atoms with van der Waals surface area (Å²) in [7, 11) is -4.62. The summed E-state index contributed by atoms with van der Waals surface area (Å²) in [6, 6.07) is -1.52. The van der Waals surface area contributed by atoms with Crippen molar-refractivity contribution < 1.29 is 51.9 Å². The largest absolute Gasteiger partial charge is 0.462 e. The molecule has 228 valence electrons. The number of anilines is 1. The summed E-state index contributed by atoms with van der Waals surface area (Å²) >= 11 is 0. The van der Waals surface area contributed by atoms with Gasteiger partial charge in [0.1, 0.15) is 30.1 Å². The Morgan fingerprint density at radius 1 is 1.12 bits per heavy atom. The van der Waals surface area contributed by atoms with Crippen molar-refractivity contribution in [1.29, 1.82) is 0 Å². The van der Waals surface area contributed by atoms with Gasteiger partial charge in [0.15, 0.2) is 11.8 Å². The zero-order chi connectivity index (χ0) is 30.6. The Bertz CT molecular complexity index is 1120. The molecule has 0 radical (unpaired) electrons. The SMILES string of the molecule is CC(C)OC(=O)[C@H](C)NP(=O)(N[C@H](C)C(=O)OC(C)C)OC[C@]1(C(F)F)O[C@H](n2ccc(N)nc2=O)[C@@H](O)[C@@H]1O. The lowest BCUT2D eigenvalue weighted by atomic mass is 9.96. The number of carbonyl (C=O) groups is 2. The molecule has 0 saturated carbocycles. The Hall–Kier alpha value is -2.53. The first kappa shape index (κ1) is 33.7. The number of nitrogen functional groups attached to an aromatic ring is 1. The summed E-state index contributed by atoms with van der Waals surface area (Å²) < 4.78 is 64.0. The standard InChI is InChI=1S/C22H36F2N5O10P/c1-10(2)37-18(32)12(5)27-40(35,28-13(6)19(33)38-11(3)4)36-9-22(20(23)24)16(31)15(30)17(39-22)29-8-7-14(25)26-21(29)34/h7-8,10-13,15-17,20,30-31H,9H2,1-6H3,(H2,25,26,34)(H2,27,28,35)/t12-,13+,15-,16-,17-,22-,40?/m0/s1. The highest BCUT2D eigenvalue weighted by Crippen LogP contribution is 2.46. The fourth-order valence-electron chi connectivity index (χ4n) is 3.60. The second kappa shape index (κ2) is 13.4. The Labute approximate surface area is 228 Å². The third kappa shape index (κ3) is 8.02. The van der Waals surface area contributed by atoms with E-state index in [9.17, 15) is 37.9 Å². The molecule has 6 N–H and O–H groups in total. The first-order valence-corrected chi connectivity index (χ1v) is 13.9. The van der Waals surface area contributed by atoms with E-state index in [-0.39, 0.29) is 5.82 Å². The number of ether oxygens (including phenoxy) is 3. The zero-order valence-electron chi connectivity index (χ0n) is 22.8. The molecule has 1 aromatic rings. The van der Waals surface area contributed by atoms with Crippen LogP contribution in [0.5, 0.6) is 0 Å². The number of aliphatic hydroxyl groups excluding tert-OH is 2. The predicted molar refractivity (Wildman–Crippen MR) is 135 cm³/mol. The molecule has 15 nitrogen and oxygen atoms in total. The van der Waals surface area contributed by atoms with Crippen molar-refractivity contribution in [2.24, 2.45) is 0 Å². The highest BCUT2D eigenvalue weighted by molar-refractivity contribution is 7.54. The molecule has 1 aliphatic rings. The Balaban J connectivity index is 2.38. The highest BCUT2D eigenvalue weighted by Gasteiger charge is 2.61. The van der Waals surface area contributed by atoms with Gasteiger partial charge in [-0.15, -0.1) is 0 Å². The van der Waals surface area contributed by atoms with Gasteiger partial charge in [0.2, 0.25) is 0 Å². The summed E-state index contributed by atoms with van der Waals surface area (Å²) in [6.45, 7) is 7.43. The smallest absolute Gasteiger partial charge is 0.351 e. The quantitative estimate of drug-likeness (QED) is 0.150. The van der Waals surface area contributed by atoms with Gasteiger partial charge in [-0.25, -0.2) is 23.7 Å². The van der Waals surface area contributed by atoms with Gasteiger partial charge in [-0.3, -0.25) is 18.7 Å². The number of halogens is 2. The molecule has 2 rings (SSSR count). The topological polar surface area (TPSA) is 214 Å². The van der Waals surface area contributed by atoms with Gasteiger partial charge < -0.3 is 34.7 Å². The van der Waals surface area contributed by atoms with E-state index in [1.54, 1.807) is 27.7 Å². The molecule has 1 aromatic heterocycles. The molecule has 0 spiro atoms. The summed E-state index contributed by atoms with van der Waals surface area (Å²) in [5, 5.41) is 25.8. The average molecular weight is 600 g/mol. The molecule has 0 bridgehead atoms. The van der Waals surface area contributed by atoms with Crippen molar-refractivity contribution in [3.8, 4) is 0 Å². The first-order valence-electron chi connectivity index (χ1n) is 12.3. The zero-order valence-corrected chi connectivity index (χ0v) is 23.7. The maximum Gasteiger partial charge on any atom is 0.351 e. The molecule has 1 aliphatic heterocycles. The van der Waals surface area contributed by atoms with Crippen LogP contribution >= 0.6 is 7.67 Å². The number of alkyl halides is 2. The van der Waals surface area contributed by atoms with Crippen LogP contribution in [0.15, 0.2) is 17.1 Å². The van der Waals surface area contributed by atoms with E-state index < -0.39 is 86.7 Å². The number of hydrogen-bond donors (Lipinski definition) is 5. The number of nitrogens with zero attached hydrogens (tertiary/aromatic N) is 2. The molecule has 1 unspecified atom stereocenters. The summed E-state index contributed by atoms with van der Waals surface area (Å²) in [5.74, 6) is -1.93. The van der Waals surface area contributed by atoms with Crippen LogP contribution in [0.2, 0.25) is 0 Å². The van der Waals surface area contributed by atoms with E-state index in [1.165, 1.54) is 13.8 Å². The number of aromatic nitrogens is 2. The molecular formula is C22H36F2N5O10P. The third-order valence-electron chi connectivity index (χ3n) is 5.56. The van der Waals surface area contributed by atoms with Crippen LogP contribution in [-0.2, 0) is 32.9 Å². The molecule has 0 amide bonds. The van der Waals surface area contributed by atoms with Crippen LogP contribution in [0.25, 0.3) is 0 Å². The highest BCUT2D eigenvalue weighted by atomic mass is 31.2. The molecule has 18 heteroatoms. The van der Waals surface area contributed by atoms with Crippen LogP contribution in [-0.4, -0.2) is 86.8 Å². The molecule has 7 atom stereocenters. The molecule has 2 heterocycles. The van der Waals surface area contributed by atoms with Crippen molar-refractivity contribution in [2.45, 2.75) is 96.3 Å². The Morgan fingerprint density at radius 3 is 2.05 bits per heavy atom. The van der Waals surface area contributed by atoms with Gasteiger partial charge in [0.05, 0.1) is 18.8 Å². The summed E-state index contributed by atoms with van der Waals surface area (Å²) in [6.07, 6.45) is -9.92. The van der Waals surface area contributed by atoms with Gasteiger partial charge in [-0.2, -0.15) is 4.98 Å². The number of aliphatic hydroxyl groups is 2. The molecule has 1 fully saturated rings. The normalized spacial score (nSPS) is 26.1. The van der Waals surface area contributed by atoms with Crippen molar-refractivity contribution in [3.05, 3.63) is 22.7 Å². The van der Waals surface area contributed by atoms with E-state index in [2.05, 4.69) is 15.2 Å². The molecule has 0 aliphatic carbocycles. The number of nitrogens with two attached hydrogens (primary N) is 1. The number of carbonyl (C=O) groups excluding carboxylic acids is 2. The Kier molecular flexibility index (Phi) is 11.3. The third-order valence-corrected chi connectivity index (χ3v) is 7.51. The Morgan fingerprint density at radius 2 is 1.62 bits per heavy atom. The number of nitrogens with one attached hydrogen (secondary N) is 2. The van der Waals surface area contributed by atoms with Crippen molar-refractivity contribution in [1.82, 2.24) is 19.7 Å². The number of hydrogen-bond acceptors (Lipinski definition) is 12. The van der Waals surface area contributed by atoms with Crippen LogP contribution in [0.1, 0.15) is 47.8 Å². The maximum atomic E-state index is 14.4. The summed E-state index contributed by atoms with van der Waals surface area (Å²) in [4.78, 5) is 40.3. The summed E-state index contributed by atoms with van der Waals surface area (Å²) in [5.41, 5.74) is 1.35. The molecule has 1 saturated heterocycles. The average Bonchev–Trinajstić information content (AvgIpc) is 3.08. The van der Waals surface area contributed by atoms with E-state index in [0.29, 0.717) is 4.57 Å². The molecular weight excluding hydrogens is 563 g/mol. The van der Waals surface area contributed by atoms with Crippen LogP contribution in [0.3, 0.4) is 0 Å². The van der Waals surface area contributed by atoms with Crippen molar-refractivity contribution >= 4 is 25.4 Å². The van der Waals surface area contributed by atoms with Gasteiger partial charge in [-0.05, 0) is 47.6 Å². The fraction of sp³-hybridized carbons (Fsp3) is 0.727. The van der Waals surface area contributed by atoms with Crippen LogP contribution in [0, 0.1) is 0 Å². The monoisotopic (exact) mass is 599 g/mol. The molecule has 0 aromatic carbocycles. The minimum absolute atomic E-state index is 0.189. The van der Waals surface area contributed by atoms with E-state index in [4.69, 9.17) is 24.5 Å². The number of esters is 2. The second-order valence-corrected chi connectivity index (χ2v) is 11.6. The van der Waals surface area contributed by atoms with E-state index in [1.807, 2.05) is 0 Å². The van der Waals surface area contributed by atoms with Crippen molar-refractivity contribution in [3.63, 3.8) is 0 Å². The van der Waals surface area contributed by atoms with E-state index >= 15 is 0 Å². The number of rotatable bonds is 13. The van der Waals surface area contributed by atoms with E-state index in [0.717, 1.165) is 12.3 Å². The first-order chi connectivity index (χ1) is 18.4. The second-order valence-electron chi connectivity index (χ2n) is 9.74. The van der Waals surface area contributed by atoms with Crippen LogP contribution in [0.4, 0.5) is 14.6 Å². The van der Waals surface area contributed by atoms with Gasteiger partial charge >= 0.3 is 25.3 Å². The predicted octanol–water partition coefficient (Wildman–Crippen LogP) is 0.0641. The minimum atomic E-state index is -4.62. The van der Waals surface area contributed by atoms with Crippen molar-refractivity contribution in [2.75, 3.05) is 12.3 Å². The van der Waals surface area contributed by atoms with Crippen LogP contribution < -0.4 is 21.6 Å². The molecule has 40 heavy (non-hydrogen) atoms. The van der Waals surface area contributed by atoms with Gasteiger partial charge in [-0.1, -0.05) is 0 Å². The maximum absolute atomic E-state index is 14.4. The van der Waals surface area contributed by atoms with Gasteiger partial charge in [0, 0.05) is 6.20 Å². The lowest BCUT2D eigenvalue weighted by Crippen LogP contribution is -2.53. The minimum Gasteiger partial charge on any atom is -0.462 e.